The van der Waals surface area contributed by atoms with Gasteiger partial charge in [0.15, 0.2) is 0 Å². The second-order valence-electron chi connectivity index (χ2n) is 3.80. The van der Waals surface area contributed by atoms with Crippen molar-refractivity contribution in [1.29, 1.82) is 0 Å². The SMILES string of the molecule is CC.CCN(C)c1ncnc2sc(C)c(N)c12.COC=O. The summed E-state index contributed by atoms with van der Waals surface area (Å²) in [5, 5.41) is 0.990. The van der Waals surface area contributed by atoms with E-state index < -0.39 is 0 Å². The molecular formula is C14H24N4O2S. The van der Waals surface area contributed by atoms with Crippen molar-refractivity contribution in [3.8, 4) is 0 Å². The van der Waals surface area contributed by atoms with Crippen molar-refractivity contribution in [2.24, 2.45) is 0 Å². The van der Waals surface area contributed by atoms with Crippen LogP contribution in [0.4, 0.5) is 11.5 Å². The maximum absolute atomic E-state index is 8.95. The van der Waals surface area contributed by atoms with Gasteiger partial charge in [-0.25, -0.2) is 9.97 Å². The molecule has 21 heavy (non-hydrogen) atoms. The number of aryl methyl sites for hydroxylation is 1. The first kappa shape index (κ1) is 19.1. The van der Waals surface area contributed by atoms with Gasteiger partial charge in [0.05, 0.1) is 18.2 Å². The highest BCUT2D eigenvalue weighted by molar-refractivity contribution is 7.19. The Morgan fingerprint density at radius 3 is 2.48 bits per heavy atom. The molecule has 7 heteroatoms. The Balaban J connectivity index is 0.000000579. The average molecular weight is 312 g/mol. The number of rotatable bonds is 3. The first-order chi connectivity index (χ1) is 10.1. The molecule has 0 bridgehead atoms. The highest BCUT2D eigenvalue weighted by Gasteiger charge is 2.14. The number of hydrogen-bond donors (Lipinski definition) is 1. The van der Waals surface area contributed by atoms with Crippen LogP contribution in [0, 0.1) is 6.92 Å². The number of thiophene rings is 1. The van der Waals surface area contributed by atoms with Crippen LogP contribution in [0.1, 0.15) is 25.6 Å². The fraction of sp³-hybridized carbons (Fsp3) is 0.500. The van der Waals surface area contributed by atoms with Gasteiger partial charge in [0.2, 0.25) is 0 Å². The Bertz CT molecular complexity index is 557. The van der Waals surface area contributed by atoms with E-state index in [-0.39, 0.29) is 0 Å². The van der Waals surface area contributed by atoms with Gasteiger partial charge in [-0.15, -0.1) is 11.3 Å². The van der Waals surface area contributed by atoms with Crippen molar-refractivity contribution in [3.05, 3.63) is 11.2 Å². The minimum absolute atomic E-state index is 0.375. The number of hydrogen-bond acceptors (Lipinski definition) is 7. The first-order valence-corrected chi connectivity index (χ1v) is 7.55. The van der Waals surface area contributed by atoms with Gasteiger partial charge >= 0.3 is 0 Å². The van der Waals surface area contributed by atoms with E-state index in [1.807, 2.05) is 27.8 Å². The van der Waals surface area contributed by atoms with E-state index in [4.69, 9.17) is 10.5 Å². The number of nitrogens with two attached hydrogens (primary N) is 1. The molecule has 0 saturated heterocycles. The summed E-state index contributed by atoms with van der Waals surface area (Å²) in [5.41, 5.74) is 6.85. The van der Waals surface area contributed by atoms with Gasteiger partial charge in [0, 0.05) is 18.5 Å². The topological polar surface area (TPSA) is 81.3 Å². The third-order valence-corrected chi connectivity index (χ3v) is 3.65. The fourth-order valence-electron chi connectivity index (χ4n) is 1.49. The molecule has 6 nitrogen and oxygen atoms in total. The number of carbonyl (C=O) groups excluding carboxylic acids is 1. The Labute approximate surface area is 129 Å². The molecule has 2 aromatic heterocycles. The summed E-state index contributed by atoms with van der Waals surface area (Å²) in [6.07, 6.45) is 1.60. The minimum atomic E-state index is 0.375. The molecule has 0 amide bonds. The van der Waals surface area contributed by atoms with Crippen molar-refractivity contribution in [1.82, 2.24) is 9.97 Å². The summed E-state index contributed by atoms with van der Waals surface area (Å²) in [4.78, 5) is 21.6. The van der Waals surface area contributed by atoms with E-state index in [1.165, 1.54) is 7.11 Å². The predicted molar refractivity (Wildman–Crippen MR) is 89.9 cm³/mol. The molecule has 0 aliphatic heterocycles. The number of aromatic nitrogens is 2. The van der Waals surface area contributed by atoms with Crippen LogP contribution < -0.4 is 10.6 Å². The summed E-state index contributed by atoms with van der Waals surface area (Å²) in [6, 6.07) is 0. The van der Waals surface area contributed by atoms with Gasteiger partial charge in [-0.1, -0.05) is 13.8 Å². The summed E-state index contributed by atoms with van der Waals surface area (Å²) in [7, 11) is 3.32. The van der Waals surface area contributed by atoms with Crippen LogP contribution in [0.15, 0.2) is 6.33 Å². The molecule has 0 spiro atoms. The van der Waals surface area contributed by atoms with Crippen LogP contribution in [0.25, 0.3) is 10.2 Å². The summed E-state index contributed by atoms with van der Waals surface area (Å²) < 4.78 is 3.86. The number of methoxy groups -OCH3 is 1. The van der Waals surface area contributed by atoms with Crippen molar-refractivity contribution < 1.29 is 9.53 Å². The number of nitrogens with zero attached hydrogens (tertiary/aromatic N) is 3. The van der Waals surface area contributed by atoms with Crippen molar-refractivity contribution >= 4 is 39.5 Å². The van der Waals surface area contributed by atoms with E-state index in [1.54, 1.807) is 17.7 Å². The van der Waals surface area contributed by atoms with Gasteiger partial charge in [-0.2, -0.15) is 0 Å². The average Bonchev–Trinajstić information content (AvgIpc) is 2.83. The molecule has 2 rings (SSSR count). The number of nitrogen functional groups attached to an aromatic ring is 1. The highest BCUT2D eigenvalue weighted by atomic mass is 32.1. The van der Waals surface area contributed by atoms with E-state index in [2.05, 4.69) is 26.5 Å². The summed E-state index contributed by atoms with van der Waals surface area (Å²) >= 11 is 1.62. The highest BCUT2D eigenvalue weighted by Crippen LogP contribution is 2.36. The first-order valence-electron chi connectivity index (χ1n) is 6.73. The molecule has 0 atom stereocenters. The lowest BCUT2D eigenvalue weighted by Gasteiger charge is -2.16. The van der Waals surface area contributed by atoms with Gasteiger partial charge in [0.25, 0.3) is 6.47 Å². The zero-order chi connectivity index (χ0) is 16.4. The lowest BCUT2D eigenvalue weighted by Crippen LogP contribution is -2.17. The van der Waals surface area contributed by atoms with Gasteiger partial charge in [-0.3, -0.25) is 4.79 Å². The number of anilines is 2. The molecule has 118 valence electrons. The van der Waals surface area contributed by atoms with Gasteiger partial charge < -0.3 is 15.4 Å². The Morgan fingerprint density at radius 2 is 2.00 bits per heavy atom. The number of fused-ring (bicyclic) bond motifs is 1. The quantitative estimate of drug-likeness (QED) is 0.878. The van der Waals surface area contributed by atoms with Crippen LogP contribution in [0.5, 0.6) is 0 Å². The van der Waals surface area contributed by atoms with E-state index >= 15 is 0 Å². The summed E-state index contributed by atoms with van der Waals surface area (Å²) in [6.45, 7) is 9.38. The maximum atomic E-state index is 8.95. The largest absolute Gasteiger partial charge is 0.471 e. The van der Waals surface area contributed by atoms with Crippen molar-refractivity contribution in [2.75, 3.05) is 31.3 Å². The molecular weight excluding hydrogens is 288 g/mol. The molecule has 0 aliphatic rings. The summed E-state index contributed by atoms with van der Waals surface area (Å²) in [5.74, 6) is 0.921. The minimum Gasteiger partial charge on any atom is -0.471 e. The van der Waals surface area contributed by atoms with Gasteiger partial charge in [-0.05, 0) is 13.8 Å². The molecule has 0 radical (unpaired) electrons. The third-order valence-electron chi connectivity index (χ3n) is 2.62. The molecule has 0 aromatic carbocycles. The molecule has 0 unspecified atom stereocenters. The number of ether oxygens (including phenoxy) is 1. The number of carbonyl (C=O) groups is 1. The van der Waals surface area contributed by atoms with Gasteiger partial charge in [0.1, 0.15) is 17.0 Å². The van der Waals surface area contributed by atoms with Crippen LogP contribution in [0.3, 0.4) is 0 Å². The Morgan fingerprint density at radius 1 is 1.43 bits per heavy atom. The third kappa shape index (κ3) is 4.86. The molecule has 0 aliphatic carbocycles. The van der Waals surface area contributed by atoms with Crippen LogP contribution >= 0.6 is 11.3 Å². The van der Waals surface area contributed by atoms with Crippen LogP contribution in [-0.2, 0) is 9.53 Å². The normalized spacial score (nSPS) is 9.05. The molecule has 2 N–H and O–H groups in total. The molecule has 0 saturated carbocycles. The van der Waals surface area contributed by atoms with E-state index in [0.717, 1.165) is 33.1 Å². The zero-order valence-corrected chi connectivity index (χ0v) is 14.3. The van der Waals surface area contributed by atoms with Crippen molar-refractivity contribution in [3.63, 3.8) is 0 Å². The van der Waals surface area contributed by atoms with E-state index in [9.17, 15) is 0 Å². The molecule has 0 fully saturated rings. The predicted octanol–water partition coefficient (Wildman–Crippen LogP) is 2.85. The van der Waals surface area contributed by atoms with E-state index in [0.29, 0.717) is 6.47 Å². The standard InChI is InChI=1S/C10H14N4S.C2H4O2.C2H6/c1-4-14(3)9-7-8(11)6(2)15-10(7)13-5-12-9;1-4-2-3;1-2/h5H,4,11H2,1-3H3;2H,1H3;1-2H3. The lowest BCUT2D eigenvalue weighted by atomic mass is 10.3. The second-order valence-corrected chi connectivity index (χ2v) is 5.00. The van der Waals surface area contributed by atoms with Crippen LogP contribution in [0.2, 0.25) is 0 Å². The second kappa shape index (κ2) is 9.93. The smallest absolute Gasteiger partial charge is 0.292 e. The maximum Gasteiger partial charge on any atom is 0.292 e. The Hall–Kier alpha value is -1.89. The monoisotopic (exact) mass is 312 g/mol. The van der Waals surface area contributed by atoms with Crippen LogP contribution in [-0.4, -0.2) is 37.1 Å². The fourth-order valence-corrected chi connectivity index (χ4v) is 2.39. The van der Waals surface area contributed by atoms with Crippen molar-refractivity contribution in [2.45, 2.75) is 27.7 Å². The molecule has 2 aromatic rings. The molecule has 2 heterocycles. The Kier molecular flexibility index (Phi) is 9.03. The zero-order valence-electron chi connectivity index (χ0n) is 13.5. The lowest BCUT2D eigenvalue weighted by molar-refractivity contribution is -0.126.